The average Bonchev–Trinajstić information content (AvgIpc) is 3.61. The molecule has 0 spiro atoms. The van der Waals surface area contributed by atoms with Crippen molar-refractivity contribution in [3.05, 3.63) is 97.0 Å². The molecule has 3 N–H and O–H groups in total. The monoisotopic (exact) mass is 526 g/mol. The summed E-state index contributed by atoms with van der Waals surface area (Å²) in [5.41, 5.74) is 8.45. The van der Waals surface area contributed by atoms with Gasteiger partial charge in [0.05, 0.1) is 5.39 Å². The van der Waals surface area contributed by atoms with Crippen molar-refractivity contribution in [2.45, 2.75) is 19.8 Å². The molecule has 6 aromatic rings. The standard InChI is InChI=1S/C33H30N6O/c1-21-19-34-31-30(21)32(36-20-35-31)39-15-13-23(14-16-39)33(40)37-27-11-9-22(10-12-27)24-6-4-7-25(17-24)29-18-26-5-2-3-8-28(26)38-29/h2-12,17-20,23,38H,13-16H2,1H3,(H,37,40)(H,34,35,36). The summed E-state index contributed by atoms with van der Waals surface area (Å²) < 4.78 is 0. The minimum absolute atomic E-state index is 0.0198. The lowest BCUT2D eigenvalue weighted by Gasteiger charge is -2.32. The summed E-state index contributed by atoms with van der Waals surface area (Å²) in [6.45, 7) is 3.65. The molecule has 198 valence electrons. The molecular weight excluding hydrogens is 496 g/mol. The average molecular weight is 527 g/mol. The minimum Gasteiger partial charge on any atom is -0.356 e. The van der Waals surface area contributed by atoms with Gasteiger partial charge in [0.1, 0.15) is 17.8 Å². The van der Waals surface area contributed by atoms with E-state index >= 15 is 0 Å². The Hall–Kier alpha value is -4.91. The van der Waals surface area contributed by atoms with Crippen LogP contribution in [0.1, 0.15) is 18.4 Å². The third-order valence-corrected chi connectivity index (χ3v) is 8.00. The molecule has 1 aliphatic heterocycles. The Morgan fingerprint density at radius 2 is 1.70 bits per heavy atom. The number of fused-ring (bicyclic) bond motifs is 2. The van der Waals surface area contributed by atoms with E-state index in [1.807, 2.05) is 24.4 Å². The zero-order valence-electron chi connectivity index (χ0n) is 22.3. The molecule has 0 bridgehead atoms. The first-order chi connectivity index (χ1) is 19.6. The molecule has 3 aromatic carbocycles. The number of aromatic amines is 2. The van der Waals surface area contributed by atoms with Crippen LogP contribution in [0.5, 0.6) is 0 Å². The van der Waals surface area contributed by atoms with E-state index in [0.717, 1.165) is 81.9 Å². The SMILES string of the molecule is Cc1c[nH]c2ncnc(N3CCC(C(=O)Nc4ccc(-c5cccc(-c6cc7ccccc7[nH]6)c5)cc4)CC3)c12. The fourth-order valence-corrected chi connectivity index (χ4v) is 5.78. The number of benzene rings is 3. The number of hydrogen-bond donors (Lipinski definition) is 3. The number of carbonyl (C=O) groups excluding carboxylic acids is 1. The first kappa shape index (κ1) is 24.2. The second-order valence-corrected chi connectivity index (χ2v) is 10.6. The summed E-state index contributed by atoms with van der Waals surface area (Å²) in [6.07, 6.45) is 5.15. The maximum Gasteiger partial charge on any atom is 0.227 e. The van der Waals surface area contributed by atoms with Crippen LogP contribution in [-0.4, -0.2) is 38.9 Å². The highest BCUT2D eigenvalue weighted by molar-refractivity contribution is 5.94. The molecule has 7 nitrogen and oxygen atoms in total. The Balaban J connectivity index is 1.00. The molecule has 3 aromatic heterocycles. The number of anilines is 2. The van der Waals surface area contributed by atoms with Gasteiger partial charge in [-0.05, 0) is 72.4 Å². The molecule has 7 heteroatoms. The van der Waals surface area contributed by atoms with Crippen LogP contribution in [0.4, 0.5) is 11.5 Å². The molecule has 0 aliphatic carbocycles. The Kier molecular flexibility index (Phi) is 6.04. The van der Waals surface area contributed by atoms with Gasteiger partial charge in [0.25, 0.3) is 0 Å². The van der Waals surface area contributed by atoms with Gasteiger partial charge in [-0.25, -0.2) is 9.97 Å². The Labute approximate surface area is 232 Å². The molecule has 4 heterocycles. The zero-order valence-corrected chi connectivity index (χ0v) is 22.3. The third kappa shape index (κ3) is 4.49. The fraction of sp³-hybridized carbons (Fsp3) is 0.182. The van der Waals surface area contributed by atoms with Gasteiger partial charge >= 0.3 is 0 Å². The molecule has 0 radical (unpaired) electrons. The normalized spacial score (nSPS) is 14.2. The second-order valence-electron chi connectivity index (χ2n) is 10.6. The molecule has 1 fully saturated rings. The first-order valence-electron chi connectivity index (χ1n) is 13.8. The van der Waals surface area contributed by atoms with E-state index in [-0.39, 0.29) is 11.8 Å². The fourth-order valence-electron chi connectivity index (χ4n) is 5.78. The number of nitrogens with zero attached hydrogens (tertiary/aromatic N) is 3. The van der Waals surface area contributed by atoms with Gasteiger partial charge in [-0.1, -0.05) is 48.5 Å². The number of piperidine rings is 1. The number of hydrogen-bond acceptors (Lipinski definition) is 4. The predicted molar refractivity (Wildman–Crippen MR) is 161 cm³/mol. The lowest BCUT2D eigenvalue weighted by Crippen LogP contribution is -2.38. The van der Waals surface area contributed by atoms with Gasteiger partial charge in [0.2, 0.25) is 5.91 Å². The van der Waals surface area contributed by atoms with Gasteiger partial charge < -0.3 is 20.2 Å². The number of aryl methyl sites for hydroxylation is 1. The quantitative estimate of drug-likeness (QED) is 0.227. The summed E-state index contributed by atoms with van der Waals surface area (Å²) in [7, 11) is 0. The predicted octanol–water partition coefficient (Wildman–Crippen LogP) is 6.94. The number of amides is 1. The first-order valence-corrected chi connectivity index (χ1v) is 13.8. The highest BCUT2D eigenvalue weighted by atomic mass is 16.1. The number of carbonyl (C=O) groups is 1. The van der Waals surface area contributed by atoms with E-state index in [1.165, 1.54) is 5.39 Å². The van der Waals surface area contributed by atoms with Gasteiger partial charge in [-0.15, -0.1) is 0 Å². The van der Waals surface area contributed by atoms with Crippen molar-refractivity contribution in [2.24, 2.45) is 5.92 Å². The van der Waals surface area contributed by atoms with Gasteiger partial charge in [0, 0.05) is 47.5 Å². The Bertz CT molecular complexity index is 1790. The van der Waals surface area contributed by atoms with Crippen molar-refractivity contribution in [3.63, 3.8) is 0 Å². The number of nitrogens with one attached hydrogen (secondary N) is 3. The van der Waals surface area contributed by atoms with Gasteiger partial charge in [0.15, 0.2) is 0 Å². The van der Waals surface area contributed by atoms with Crippen LogP contribution in [0.15, 0.2) is 91.4 Å². The number of aromatic nitrogens is 4. The van der Waals surface area contributed by atoms with E-state index in [4.69, 9.17) is 0 Å². The zero-order chi connectivity index (χ0) is 27.1. The molecular formula is C33H30N6O. The van der Waals surface area contributed by atoms with Crippen molar-refractivity contribution in [1.29, 1.82) is 0 Å². The number of rotatable bonds is 5. The smallest absolute Gasteiger partial charge is 0.227 e. The third-order valence-electron chi connectivity index (χ3n) is 8.00. The van der Waals surface area contributed by atoms with E-state index in [2.05, 4.69) is 97.7 Å². The van der Waals surface area contributed by atoms with Crippen LogP contribution in [0.25, 0.3) is 44.3 Å². The number of para-hydroxylation sites is 1. The molecule has 1 saturated heterocycles. The van der Waals surface area contributed by atoms with Crippen LogP contribution in [-0.2, 0) is 4.79 Å². The molecule has 1 aliphatic rings. The van der Waals surface area contributed by atoms with Crippen LogP contribution >= 0.6 is 0 Å². The Morgan fingerprint density at radius 1 is 0.900 bits per heavy atom. The lowest BCUT2D eigenvalue weighted by molar-refractivity contribution is -0.120. The highest BCUT2D eigenvalue weighted by Crippen LogP contribution is 2.31. The van der Waals surface area contributed by atoms with Crippen molar-refractivity contribution >= 4 is 39.3 Å². The lowest BCUT2D eigenvalue weighted by atomic mass is 9.95. The molecule has 0 saturated carbocycles. The highest BCUT2D eigenvalue weighted by Gasteiger charge is 2.27. The summed E-state index contributed by atoms with van der Waals surface area (Å²) in [4.78, 5) is 31.0. The second kappa shape index (κ2) is 10.0. The van der Waals surface area contributed by atoms with Crippen molar-refractivity contribution in [1.82, 2.24) is 19.9 Å². The van der Waals surface area contributed by atoms with Crippen LogP contribution < -0.4 is 10.2 Å². The van der Waals surface area contributed by atoms with E-state index in [1.54, 1.807) is 6.33 Å². The Morgan fingerprint density at radius 3 is 2.52 bits per heavy atom. The van der Waals surface area contributed by atoms with E-state index < -0.39 is 0 Å². The van der Waals surface area contributed by atoms with Crippen LogP contribution in [0, 0.1) is 12.8 Å². The molecule has 0 atom stereocenters. The van der Waals surface area contributed by atoms with Gasteiger partial charge in [-0.3, -0.25) is 4.79 Å². The summed E-state index contributed by atoms with van der Waals surface area (Å²) in [6, 6.07) is 27.2. The van der Waals surface area contributed by atoms with Crippen molar-refractivity contribution in [3.8, 4) is 22.4 Å². The van der Waals surface area contributed by atoms with Gasteiger partial charge in [-0.2, -0.15) is 0 Å². The van der Waals surface area contributed by atoms with E-state index in [0.29, 0.717) is 0 Å². The van der Waals surface area contributed by atoms with Crippen molar-refractivity contribution < 1.29 is 4.79 Å². The minimum atomic E-state index is -0.0198. The molecule has 40 heavy (non-hydrogen) atoms. The van der Waals surface area contributed by atoms with Crippen LogP contribution in [0.3, 0.4) is 0 Å². The summed E-state index contributed by atoms with van der Waals surface area (Å²) in [5, 5.41) is 5.41. The topological polar surface area (TPSA) is 89.7 Å². The van der Waals surface area contributed by atoms with E-state index in [9.17, 15) is 4.79 Å². The molecule has 7 rings (SSSR count). The maximum atomic E-state index is 13.1. The summed E-state index contributed by atoms with van der Waals surface area (Å²) in [5.74, 6) is 1.01. The maximum absolute atomic E-state index is 13.1. The largest absolute Gasteiger partial charge is 0.356 e. The number of H-pyrrole nitrogens is 2. The summed E-state index contributed by atoms with van der Waals surface area (Å²) >= 11 is 0. The molecule has 1 amide bonds. The van der Waals surface area contributed by atoms with Crippen molar-refractivity contribution in [2.75, 3.05) is 23.3 Å². The van der Waals surface area contributed by atoms with Crippen LogP contribution in [0.2, 0.25) is 0 Å². The molecule has 0 unspecified atom stereocenters.